The molecule has 0 aromatic heterocycles. The maximum Gasteiger partial charge on any atom is 0.324 e. The zero-order chi connectivity index (χ0) is 12.2. The van der Waals surface area contributed by atoms with Gasteiger partial charge in [0.05, 0.1) is 19.0 Å². The van der Waals surface area contributed by atoms with Crippen LogP contribution in [-0.4, -0.2) is 25.2 Å². The first-order valence-electron chi connectivity index (χ1n) is 5.25. The number of hydrogen-bond donors (Lipinski definition) is 0. The monoisotopic (exact) mass is 230 g/mol. The summed E-state index contributed by atoms with van der Waals surface area (Å²) in [5.74, 6) is -1.89. The summed E-state index contributed by atoms with van der Waals surface area (Å²) in [5, 5.41) is 0. The molecule has 0 saturated heterocycles. The van der Waals surface area contributed by atoms with Crippen molar-refractivity contribution in [3.05, 3.63) is 11.9 Å². The normalized spacial score (nSPS) is 17.8. The average Bonchev–Trinajstić information content (AvgIpc) is 2.63. The molecule has 0 heterocycles. The molecule has 0 amide bonds. The van der Waals surface area contributed by atoms with Gasteiger partial charge >= 0.3 is 11.9 Å². The van der Waals surface area contributed by atoms with Crippen molar-refractivity contribution in [2.75, 3.05) is 13.2 Å². The van der Waals surface area contributed by atoms with Gasteiger partial charge in [-0.25, -0.2) is 4.39 Å². The largest absolute Gasteiger partial charge is 0.465 e. The van der Waals surface area contributed by atoms with E-state index in [4.69, 9.17) is 9.47 Å². The lowest BCUT2D eigenvalue weighted by Gasteiger charge is -2.23. The fraction of sp³-hybridized carbons (Fsp3) is 0.636. The molecule has 0 fully saturated rings. The molecule has 0 saturated carbocycles. The summed E-state index contributed by atoms with van der Waals surface area (Å²) in [4.78, 5) is 23.4. The highest BCUT2D eigenvalue weighted by Crippen LogP contribution is 2.40. The molecular weight excluding hydrogens is 215 g/mol. The molecule has 0 radical (unpaired) electrons. The SMILES string of the molecule is CCOC(=O)C1(C(=O)OCC)CC=C(F)C1. The summed E-state index contributed by atoms with van der Waals surface area (Å²) >= 11 is 0. The minimum Gasteiger partial charge on any atom is -0.465 e. The third kappa shape index (κ3) is 2.23. The molecule has 5 heteroatoms. The Labute approximate surface area is 93.4 Å². The molecular formula is C11H15FO4. The second kappa shape index (κ2) is 5.09. The third-order valence-electron chi connectivity index (χ3n) is 2.48. The van der Waals surface area contributed by atoms with Gasteiger partial charge in [-0.2, -0.15) is 0 Å². The topological polar surface area (TPSA) is 52.6 Å². The Balaban J connectivity index is 2.87. The van der Waals surface area contributed by atoms with E-state index in [1.165, 1.54) is 6.08 Å². The van der Waals surface area contributed by atoms with Gasteiger partial charge in [0.2, 0.25) is 0 Å². The lowest BCUT2D eigenvalue weighted by molar-refractivity contribution is -0.171. The summed E-state index contributed by atoms with van der Waals surface area (Å²) in [6.45, 7) is 3.58. The summed E-state index contributed by atoms with van der Waals surface area (Å²) in [7, 11) is 0. The smallest absolute Gasteiger partial charge is 0.324 e. The van der Waals surface area contributed by atoms with Crippen LogP contribution >= 0.6 is 0 Å². The summed E-state index contributed by atoms with van der Waals surface area (Å²) in [5.41, 5.74) is -1.50. The Morgan fingerprint density at radius 1 is 1.31 bits per heavy atom. The van der Waals surface area contributed by atoms with Crippen LogP contribution < -0.4 is 0 Å². The van der Waals surface area contributed by atoms with E-state index in [1.54, 1.807) is 13.8 Å². The zero-order valence-electron chi connectivity index (χ0n) is 9.42. The zero-order valence-corrected chi connectivity index (χ0v) is 9.42. The molecule has 0 aromatic rings. The number of esters is 2. The average molecular weight is 230 g/mol. The highest BCUT2D eigenvalue weighted by Gasteiger charge is 2.51. The molecule has 0 atom stereocenters. The molecule has 1 aliphatic rings. The Hall–Kier alpha value is -1.39. The van der Waals surface area contributed by atoms with Gasteiger partial charge < -0.3 is 9.47 Å². The minimum absolute atomic E-state index is 0.0104. The lowest BCUT2D eigenvalue weighted by atomic mass is 9.85. The molecule has 0 bridgehead atoms. The van der Waals surface area contributed by atoms with Crippen molar-refractivity contribution in [1.82, 2.24) is 0 Å². The quantitative estimate of drug-likeness (QED) is 0.545. The highest BCUT2D eigenvalue weighted by atomic mass is 19.1. The van der Waals surface area contributed by atoms with E-state index in [2.05, 4.69) is 0 Å². The maximum absolute atomic E-state index is 13.1. The predicted molar refractivity (Wildman–Crippen MR) is 54.1 cm³/mol. The number of allylic oxidation sites excluding steroid dienone is 2. The van der Waals surface area contributed by atoms with Crippen molar-refractivity contribution in [3.8, 4) is 0 Å². The van der Waals surface area contributed by atoms with Crippen molar-refractivity contribution >= 4 is 11.9 Å². The van der Waals surface area contributed by atoms with E-state index >= 15 is 0 Å². The first kappa shape index (κ1) is 12.7. The van der Waals surface area contributed by atoms with Gasteiger partial charge in [0.25, 0.3) is 0 Å². The standard InChI is InChI=1S/C11H15FO4/c1-3-15-9(13)11(10(14)16-4-2)6-5-8(12)7-11/h5H,3-4,6-7H2,1-2H3. The van der Waals surface area contributed by atoms with Crippen molar-refractivity contribution in [2.45, 2.75) is 26.7 Å². The number of hydrogen-bond acceptors (Lipinski definition) is 4. The number of carbonyl (C=O) groups excluding carboxylic acids is 2. The summed E-state index contributed by atoms with van der Waals surface area (Å²) in [6.07, 6.45) is 0.981. The molecule has 1 rings (SSSR count). The number of carbonyl (C=O) groups is 2. The van der Waals surface area contributed by atoms with Crippen LogP contribution in [0.5, 0.6) is 0 Å². The first-order chi connectivity index (χ1) is 7.56. The fourth-order valence-electron chi connectivity index (χ4n) is 1.65. The predicted octanol–water partition coefficient (Wildman–Crippen LogP) is 1.75. The maximum atomic E-state index is 13.1. The van der Waals surface area contributed by atoms with E-state index in [9.17, 15) is 14.0 Å². The van der Waals surface area contributed by atoms with E-state index < -0.39 is 23.2 Å². The van der Waals surface area contributed by atoms with E-state index in [-0.39, 0.29) is 26.1 Å². The molecule has 90 valence electrons. The van der Waals surface area contributed by atoms with Crippen LogP contribution in [0.4, 0.5) is 4.39 Å². The van der Waals surface area contributed by atoms with Gasteiger partial charge in [0, 0.05) is 6.42 Å². The van der Waals surface area contributed by atoms with Gasteiger partial charge in [-0.1, -0.05) is 6.08 Å². The Morgan fingerprint density at radius 3 is 2.12 bits per heavy atom. The van der Waals surface area contributed by atoms with Crippen LogP contribution in [0.15, 0.2) is 11.9 Å². The van der Waals surface area contributed by atoms with Crippen LogP contribution in [0.1, 0.15) is 26.7 Å². The van der Waals surface area contributed by atoms with Gasteiger partial charge in [-0.05, 0) is 20.3 Å². The van der Waals surface area contributed by atoms with Crippen molar-refractivity contribution in [2.24, 2.45) is 5.41 Å². The van der Waals surface area contributed by atoms with Gasteiger partial charge in [0.15, 0.2) is 5.41 Å². The van der Waals surface area contributed by atoms with Gasteiger partial charge in [-0.15, -0.1) is 0 Å². The summed E-state index contributed by atoms with van der Waals surface area (Å²) in [6, 6.07) is 0. The molecule has 0 N–H and O–H groups in total. The first-order valence-corrected chi connectivity index (χ1v) is 5.25. The fourth-order valence-corrected chi connectivity index (χ4v) is 1.65. The van der Waals surface area contributed by atoms with Crippen molar-refractivity contribution < 1.29 is 23.5 Å². The Kier molecular flexibility index (Phi) is 4.04. The lowest BCUT2D eigenvalue weighted by Crippen LogP contribution is -2.40. The van der Waals surface area contributed by atoms with Crippen LogP contribution in [0.3, 0.4) is 0 Å². The van der Waals surface area contributed by atoms with Gasteiger partial charge in [-0.3, -0.25) is 9.59 Å². The van der Waals surface area contributed by atoms with Gasteiger partial charge in [0.1, 0.15) is 0 Å². The van der Waals surface area contributed by atoms with E-state index in [0.29, 0.717) is 0 Å². The molecule has 16 heavy (non-hydrogen) atoms. The number of rotatable bonds is 4. The molecule has 0 aliphatic heterocycles. The Morgan fingerprint density at radius 2 is 1.81 bits per heavy atom. The molecule has 0 spiro atoms. The third-order valence-corrected chi connectivity index (χ3v) is 2.48. The second-order valence-corrected chi connectivity index (χ2v) is 3.55. The van der Waals surface area contributed by atoms with Crippen molar-refractivity contribution in [3.63, 3.8) is 0 Å². The molecule has 1 aliphatic carbocycles. The van der Waals surface area contributed by atoms with E-state index in [1.807, 2.05) is 0 Å². The Bertz CT molecular complexity index is 304. The molecule has 0 aromatic carbocycles. The molecule has 4 nitrogen and oxygen atoms in total. The highest BCUT2D eigenvalue weighted by molar-refractivity contribution is 6.01. The summed E-state index contributed by atoms with van der Waals surface area (Å²) < 4.78 is 22.7. The van der Waals surface area contributed by atoms with Crippen LogP contribution in [0.25, 0.3) is 0 Å². The second-order valence-electron chi connectivity index (χ2n) is 3.55. The van der Waals surface area contributed by atoms with E-state index in [0.717, 1.165) is 0 Å². The van der Waals surface area contributed by atoms with Crippen molar-refractivity contribution in [1.29, 1.82) is 0 Å². The number of halogens is 1. The van der Waals surface area contributed by atoms with Crippen LogP contribution in [0.2, 0.25) is 0 Å². The minimum atomic E-state index is -1.50. The van der Waals surface area contributed by atoms with Crippen LogP contribution in [-0.2, 0) is 19.1 Å². The number of ether oxygens (including phenoxy) is 2. The van der Waals surface area contributed by atoms with Crippen LogP contribution in [0, 0.1) is 5.41 Å². The molecule has 0 unspecified atom stereocenters.